The number of amides is 2. The number of nitrogens with zero attached hydrogens (tertiary/aromatic N) is 1. The first kappa shape index (κ1) is 15.3. The number of methoxy groups -OCH3 is 2. The molecule has 114 valence electrons. The highest BCUT2D eigenvalue weighted by Gasteiger charge is 2.35. The number of rotatable bonds is 6. The summed E-state index contributed by atoms with van der Waals surface area (Å²) in [6.07, 6.45) is 0.232. The third-order valence-corrected chi connectivity index (χ3v) is 3.47. The maximum absolute atomic E-state index is 12.1. The fourth-order valence-corrected chi connectivity index (χ4v) is 2.33. The molecule has 0 radical (unpaired) electrons. The van der Waals surface area contributed by atoms with Crippen molar-refractivity contribution in [2.45, 2.75) is 6.42 Å². The number of carbonyl (C=O) groups is 2. The number of benzene rings is 1. The number of anilines is 1. The smallest absolute Gasteiger partial charge is 0.227 e. The molecule has 2 rings (SSSR count). The van der Waals surface area contributed by atoms with Gasteiger partial charge in [-0.2, -0.15) is 0 Å². The Morgan fingerprint density at radius 2 is 2.24 bits per heavy atom. The topological polar surface area (TPSA) is 67.9 Å². The van der Waals surface area contributed by atoms with Crippen LogP contribution in [0.2, 0.25) is 0 Å². The van der Waals surface area contributed by atoms with E-state index in [0.29, 0.717) is 25.4 Å². The molecule has 1 saturated heterocycles. The van der Waals surface area contributed by atoms with Gasteiger partial charge in [0.2, 0.25) is 11.8 Å². The van der Waals surface area contributed by atoms with Gasteiger partial charge in [0.05, 0.1) is 19.6 Å². The van der Waals surface area contributed by atoms with Gasteiger partial charge in [0.15, 0.2) is 0 Å². The minimum Gasteiger partial charge on any atom is -0.497 e. The number of ether oxygens (including phenoxy) is 2. The van der Waals surface area contributed by atoms with Gasteiger partial charge in [0.25, 0.3) is 0 Å². The average molecular weight is 292 g/mol. The van der Waals surface area contributed by atoms with Crippen LogP contribution in [0.3, 0.4) is 0 Å². The molecule has 1 N–H and O–H groups in total. The SMILES string of the molecule is COCCNC(=O)[C@@H]1CC(=O)N(c2cccc(OC)c2)C1. The molecule has 0 saturated carbocycles. The Balaban J connectivity index is 2.00. The van der Waals surface area contributed by atoms with Crippen molar-refractivity contribution in [2.24, 2.45) is 5.92 Å². The molecule has 1 heterocycles. The molecule has 21 heavy (non-hydrogen) atoms. The van der Waals surface area contributed by atoms with Crippen LogP contribution >= 0.6 is 0 Å². The normalized spacial score (nSPS) is 17.9. The van der Waals surface area contributed by atoms with Gasteiger partial charge in [0, 0.05) is 38.4 Å². The van der Waals surface area contributed by atoms with Crippen LogP contribution in [0.1, 0.15) is 6.42 Å². The number of hydrogen-bond acceptors (Lipinski definition) is 4. The molecule has 1 atom stereocenters. The second kappa shape index (κ2) is 7.08. The summed E-state index contributed by atoms with van der Waals surface area (Å²) in [4.78, 5) is 25.7. The molecular weight excluding hydrogens is 272 g/mol. The van der Waals surface area contributed by atoms with E-state index in [4.69, 9.17) is 9.47 Å². The number of nitrogens with one attached hydrogen (secondary N) is 1. The summed E-state index contributed by atoms with van der Waals surface area (Å²) in [7, 11) is 3.16. The van der Waals surface area contributed by atoms with Crippen LogP contribution in [0.4, 0.5) is 5.69 Å². The van der Waals surface area contributed by atoms with Crippen molar-refractivity contribution in [2.75, 3.05) is 38.8 Å². The van der Waals surface area contributed by atoms with Crippen molar-refractivity contribution in [3.05, 3.63) is 24.3 Å². The molecule has 1 aliphatic heterocycles. The Morgan fingerprint density at radius 3 is 2.95 bits per heavy atom. The quantitative estimate of drug-likeness (QED) is 0.788. The molecule has 2 amide bonds. The molecule has 0 aliphatic carbocycles. The molecule has 0 aromatic heterocycles. The molecule has 0 spiro atoms. The van der Waals surface area contributed by atoms with Crippen LogP contribution < -0.4 is 15.0 Å². The number of hydrogen-bond donors (Lipinski definition) is 1. The van der Waals surface area contributed by atoms with Gasteiger partial charge in [-0.15, -0.1) is 0 Å². The van der Waals surface area contributed by atoms with E-state index in [0.717, 1.165) is 5.69 Å². The van der Waals surface area contributed by atoms with Crippen LogP contribution in [0, 0.1) is 5.92 Å². The lowest BCUT2D eigenvalue weighted by Crippen LogP contribution is -2.34. The van der Waals surface area contributed by atoms with Gasteiger partial charge in [-0.25, -0.2) is 0 Å². The first-order chi connectivity index (χ1) is 10.2. The fraction of sp³-hybridized carbons (Fsp3) is 0.467. The molecule has 1 aromatic carbocycles. The van der Waals surface area contributed by atoms with E-state index in [2.05, 4.69) is 5.32 Å². The van der Waals surface area contributed by atoms with E-state index in [9.17, 15) is 9.59 Å². The zero-order valence-corrected chi connectivity index (χ0v) is 12.3. The lowest BCUT2D eigenvalue weighted by molar-refractivity contribution is -0.126. The minimum atomic E-state index is -0.319. The van der Waals surface area contributed by atoms with Crippen molar-refractivity contribution < 1.29 is 19.1 Å². The summed E-state index contributed by atoms with van der Waals surface area (Å²) in [6.45, 7) is 1.32. The van der Waals surface area contributed by atoms with Crippen LogP contribution in [0.25, 0.3) is 0 Å². The molecule has 1 fully saturated rings. The van der Waals surface area contributed by atoms with E-state index < -0.39 is 0 Å². The average Bonchev–Trinajstić information content (AvgIpc) is 2.89. The lowest BCUT2D eigenvalue weighted by atomic mass is 10.1. The van der Waals surface area contributed by atoms with Crippen LogP contribution in [-0.4, -0.2) is 45.7 Å². The van der Waals surface area contributed by atoms with E-state index in [-0.39, 0.29) is 24.2 Å². The summed E-state index contributed by atoms with van der Waals surface area (Å²) in [6, 6.07) is 7.28. The van der Waals surface area contributed by atoms with Crippen molar-refractivity contribution in [3.63, 3.8) is 0 Å². The van der Waals surface area contributed by atoms with E-state index in [1.165, 1.54) is 0 Å². The van der Waals surface area contributed by atoms with Crippen molar-refractivity contribution in [1.29, 1.82) is 0 Å². The van der Waals surface area contributed by atoms with Gasteiger partial charge in [0.1, 0.15) is 5.75 Å². The largest absolute Gasteiger partial charge is 0.497 e. The Kier molecular flexibility index (Phi) is 5.16. The van der Waals surface area contributed by atoms with Gasteiger partial charge >= 0.3 is 0 Å². The third-order valence-electron chi connectivity index (χ3n) is 3.47. The van der Waals surface area contributed by atoms with Gasteiger partial charge in [-0.05, 0) is 12.1 Å². The molecule has 0 bridgehead atoms. The Bertz CT molecular complexity index is 518. The zero-order valence-electron chi connectivity index (χ0n) is 12.3. The molecule has 6 nitrogen and oxygen atoms in total. The Morgan fingerprint density at radius 1 is 1.43 bits per heavy atom. The van der Waals surface area contributed by atoms with Crippen molar-refractivity contribution in [1.82, 2.24) is 5.32 Å². The van der Waals surface area contributed by atoms with Crippen LogP contribution in [0.5, 0.6) is 5.75 Å². The van der Waals surface area contributed by atoms with E-state index in [1.54, 1.807) is 25.2 Å². The number of carbonyl (C=O) groups excluding carboxylic acids is 2. The summed E-state index contributed by atoms with van der Waals surface area (Å²) in [5.74, 6) is 0.217. The molecule has 1 aromatic rings. The second-order valence-corrected chi connectivity index (χ2v) is 4.89. The maximum Gasteiger partial charge on any atom is 0.227 e. The monoisotopic (exact) mass is 292 g/mol. The lowest BCUT2D eigenvalue weighted by Gasteiger charge is -2.17. The summed E-state index contributed by atoms with van der Waals surface area (Å²) in [5.41, 5.74) is 0.756. The van der Waals surface area contributed by atoms with E-state index in [1.807, 2.05) is 18.2 Å². The second-order valence-electron chi connectivity index (χ2n) is 4.89. The summed E-state index contributed by atoms with van der Waals surface area (Å²) in [5, 5.41) is 2.77. The summed E-state index contributed by atoms with van der Waals surface area (Å²) >= 11 is 0. The maximum atomic E-state index is 12.1. The predicted molar refractivity (Wildman–Crippen MR) is 78.3 cm³/mol. The van der Waals surface area contributed by atoms with E-state index >= 15 is 0 Å². The summed E-state index contributed by atoms with van der Waals surface area (Å²) < 4.78 is 10.0. The molecule has 6 heteroatoms. The Labute approximate surface area is 124 Å². The standard InChI is InChI=1S/C15H20N2O4/c1-20-7-6-16-15(19)11-8-14(18)17(10-11)12-4-3-5-13(9-12)21-2/h3-5,9,11H,6-8,10H2,1-2H3,(H,16,19)/t11-/m1/s1. The first-order valence-electron chi connectivity index (χ1n) is 6.86. The molecular formula is C15H20N2O4. The highest BCUT2D eigenvalue weighted by molar-refractivity contribution is 6.00. The first-order valence-corrected chi connectivity index (χ1v) is 6.86. The molecule has 1 aliphatic rings. The Hall–Kier alpha value is -2.08. The van der Waals surface area contributed by atoms with Crippen LogP contribution in [0.15, 0.2) is 24.3 Å². The van der Waals surface area contributed by atoms with Crippen molar-refractivity contribution >= 4 is 17.5 Å². The fourth-order valence-electron chi connectivity index (χ4n) is 2.33. The van der Waals surface area contributed by atoms with Gasteiger partial charge in [-0.1, -0.05) is 6.07 Å². The zero-order chi connectivity index (χ0) is 15.2. The third kappa shape index (κ3) is 3.72. The molecule has 0 unspecified atom stereocenters. The highest BCUT2D eigenvalue weighted by atomic mass is 16.5. The van der Waals surface area contributed by atoms with Gasteiger partial charge < -0.3 is 19.7 Å². The minimum absolute atomic E-state index is 0.0462. The van der Waals surface area contributed by atoms with Gasteiger partial charge in [-0.3, -0.25) is 9.59 Å². The van der Waals surface area contributed by atoms with Crippen LogP contribution in [-0.2, 0) is 14.3 Å². The predicted octanol–water partition coefficient (Wildman–Crippen LogP) is 0.811. The highest BCUT2D eigenvalue weighted by Crippen LogP contribution is 2.27. The van der Waals surface area contributed by atoms with Crippen molar-refractivity contribution in [3.8, 4) is 5.75 Å².